The highest BCUT2D eigenvalue weighted by Gasteiger charge is 2.40. The average Bonchev–Trinajstić information content (AvgIpc) is 3.03. The summed E-state index contributed by atoms with van der Waals surface area (Å²) in [4.78, 5) is 19.8. The summed E-state index contributed by atoms with van der Waals surface area (Å²) in [5.41, 5.74) is 1.06. The summed E-state index contributed by atoms with van der Waals surface area (Å²) in [5.74, 6) is 0.914. The first-order valence-corrected chi connectivity index (χ1v) is 8.41. The molecule has 1 saturated heterocycles. The van der Waals surface area contributed by atoms with Crippen LogP contribution in [0.5, 0.6) is 5.75 Å². The van der Waals surface area contributed by atoms with E-state index < -0.39 is 0 Å². The van der Waals surface area contributed by atoms with E-state index in [1.165, 1.54) is 0 Å². The molecule has 0 saturated carbocycles. The van der Waals surface area contributed by atoms with Crippen LogP contribution >= 0.6 is 23.1 Å². The molecule has 0 radical (unpaired) electrons. The van der Waals surface area contributed by atoms with Gasteiger partial charge in [-0.15, -0.1) is 23.1 Å². The zero-order valence-electron chi connectivity index (χ0n) is 12.1. The Labute approximate surface area is 132 Å². The summed E-state index contributed by atoms with van der Waals surface area (Å²) in [6, 6.07) is 7.87. The molecular weight excluding hydrogens is 304 g/mol. The Morgan fingerprint density at radius 1 is 1.38 bits per heavy atom. The van der Waals surface area contributed by atoms with Gasteiger partial charge in [-0.25, -0.2) is 4.98 Å². The summed E-state index contributed by atoms with van der Waals surface area (Å²) in [6.07, 6.45) is 1.81. The number of anilines is 1. The number of ether oxygens (including phenoxy) is 1. The van der Waals surface area contributed by atoms with Crippen molar-refractivity contribution in [3.63, 3.8) is 0 Å². The number of amides is 1. The normalized spacial score (nSPS) is 21.9. The number of aromatic nitrogens is 1. The summed E-state index contributed by atoms with van der Waals surface area (Å²) >= 11 is 3.19. The predicted octanol–water partition coefficient (Wildman–Crippen LogP) is 3.63. The van der Waals surface area contributed by atoms with Gasteiger partial charge in [0.25, 0.3) is 0 Å². The molecule has 0 aliphatic carbocycles. The van der Waals surface area contributed by atoms with Gasteiger partial charge in [0.05, 0.1) is 12.4 Å². The highest BCUT2D eigenvalue weighted by molar-refractivity contribution is 8.01. The third kappa shape index (κ3) is 2.65. The Bertz CT molecular complexity index is 671. The molecule has 1 aliphatic heterocycles. The molecule has 1 aromatic heterocycles. The predicted molar refractivity (Wildman–Crippen MR) is 87.1 cm³/mol. The fraction of sp³-hybridized carbons (Fsp3) is 0.333. The molecule has 1 amide bonds. The second-order valence-corrected chi connectivity index (χ2v) is 7.51. The van der Waals surface area contributed by atoms with Gasteiger partial charge in [-0.1, -0.05) is 12.1 Å². The van der Waals surface area contributed by atoms with Crippen molar-refractivity contribution >= 4 is 34.1 Å². The van der Waals surface area contributed by atoms with Crippen molar-refractivity contribution in [1.29, 1.82) is 0 Å². The lowest BCUT2D eigenvalue weighted by Gasteiger charge is -2.21. The van der Waals surface area contributed by atoms with E-state index >= 15 is 0 Å². The minimum atomic E-state index is -0.0644. The second-order valence-electron chi connectivity index (χ2n) is 4.87. The second kappa shape index (κ2) is 5.69. The van der Waals surface area contributed by atoms with Crippen LogP contribution in [0.1, 0.15) is 22.7 Å². The molecule has 1 aromatic carbocycles. The Morgan fingerprint density at radius 2 is 2.19 bits per heavy atom. The quantitative estimate of drug-likeness (QED) is 0.866. The topological polar surface area (TPSA) is 42.4 Å². The zero-order chi connectivity index (χ0) is 15.0. The zero-order valence-corrected chi connectivity index (χ0v) is 13.7. The van der Waals surface area contributed by atoms with E-state index in [2.05, 4.69) is 4.98 Å². The van der Waals surface area contributed by atoms with E-state index in [0.717, 1.165) is 21.3 Å². The number of carbonyl (C=O) groups is 1. The van der Waals surface area contributed by atoms with Crippen LogP contribution in [0, 0.1) is 6.92 Å². The standard InChI is InChI=1S/C15H16N2O2S2/c1-9-8-16-15(20-9)17-13(18)10(2)21-14(17)11-5-4-6-12(7-11)19-3/h4-8,10,14H,1-3H3/t10-,14+/m0/s1. The minimum absolute atomic E-state index is 0.0480. The number of thioether (sulfide) groups is 1. The highest BCUT2D eigenvalue weighted by atomic mass is 32.2. The van der Waals surface area contributed by atoms with Crippen molar-refractivity contribution in [2.45, 2.75) is 24.5 Å². The maximum absolute atomic E-state index is 12.5. The van der Waals surface area contributed by atoms with E-state index in [4.69, 9.17) is 4.74 Å². The first-order chi connectivity index (χ1) is 10.1. The maximum atomic E-state index is 12.5. The monoisotopic (exact) mass is 320 g/mol. The number of hydrogen-bond donors (Lipinski definition) is 0. The van der Waals surface area contributed by atoms with Crippen molar-refractivity contribution in [3.8, 4) is 5.75 Å². The molecule has 1 fully saturated rings. The SMILES string of the molecule is COc1cccc([C@H]2S[C@@H](C)C(=O)N2c2ncc(C)s2)c1. The van der Waals surface area contributed by atoms with Crippen molar-refractivity contribution < 1.29 is 9.53 Å². The summed E-state index contributed by atoms with van der Waals surface area (Å²) in [5, 5.41) is 0.653. The molecule has 1 aliphatic rings. The Kier molecular flexibility index (Phi) is 3.91. The molecule has 110 valence electrons. The number of nitrogens with zero attached hydrogens (tertiary/aromatic N) is 2. The Balaban J connectivity index is 2.00. The lowest BCUT2D eigenvalue weighted by Crippen LogP contribution is -2.29. The Hall–Kier alpha value is -1.53. The van der Waals surface area contributed by atoms with Crippen LogP contribution in [-0.4, -0.2) is 23.3 Å². The number of rotatable bonds is 3. The van der Waals surface area contributed by atoms with Gasteiger partial charge in [-0.3, -0.25) is 9.69 Å². The van der Waals surface area contributed by atoms with Crippen molar-refractivity contribution in [2.75, 3.05) is 12.0 Å². The number of benzene rings is 1. The highest BCUT2D eigenvalue weighted by Crippen LogP contribution is 2.46. The smallest absolute Gasteiger partial charge is 0.242 e. The van der Waals surface area contributed by atoms with Gasteiger partial charge < -0.3 is 4.74 Å². The van der Waals surface area contributed by atoms with Gasteiger partial charge in [0.1, 0.15) is 11.1 Å². The lowest BCUT2D eigenvalue weighted by atomic mass is 10.2. The van der Waals surface area contributed by atoms with E-state index in [0.29, 0.717) is 0 Å². The fourth-order valence-electron chi connectivity index (χ4n) is 2.30. The first-order valence-electron chi connectivity index (χ1n) is 6.65. The Morgan fingerprint density at radius 3 is 2.86 bits per heavy atom. The first kappa shape index (κ1) is 14.4. The third-order valence-corrected chi connectivity index (χ3v) is 5.61. The maximum Gasteiger partial charge on any atom is 0.242 e. The third-order valence-electron chi connectivity index (χ3n) is 3.35. The minimum Gasteiger partial charge on any atom is -0.497 e. The van der Waals surface area contributed by atoms with Gasteiger partial charge in [0, 0.05) is 11.1 Å². The van der Waals surface area contributed by atoms with E-state index in [1.54, 1.807) is 30.2 Å². The number of thiazole rings is 1. The molecule has 3 rings (SSSR count). The molecule has 4 nitrogen and oxygen atoms in total. The lowest BCUT2D eigenvalue weighted by molar-refractivity contribution is -0.117. The van der Waals surface area contributed by atoms with Crippen LogP contribution in [0.4, 0.5) is 5.13 Å². The van der Waals surface area contributed by atoms with Crippen LogP contribution in [0.3, 0.4) is 0 Å². The summed E-state index contributed by atoms with van der Waals surface area (Å²) in [7, 11) is 1.65. The molecule has 0 spiro atoms. The molecule has 2 atom stereocenters. The van der Waals surface area contributed by atoms with Crippen molar-refractivity contribution in [1.82, 2.24) is 4.98 Å². The summed E-state index contributed by atoms with van der Waals surface area (Å²) in [6.45, 7) is 3.94. The fourth-order valence-corrected chi connectivity index (χ4v) is 4.40. The molecule has 2 heterocycles. The van der Waals surface area contributed by atoms with Crippen LogP contribution in [0.2, 0.25) is 0 Å². The van der Waals surface area contributed by atoms with Gasteiger partial charge in [0.15, 0.2) is 5.13 Å². The largest absolute Gasteiger partial charge is 0.497 e. The van der Waals surface area contributed by atoms with Gasteiger partial charge in [-0.2, -0.15) is 0 Å². The molecule has 6 heteroatoms. The molecular formula is C15H16N2O2S2. The molecule has 0 bridgehead atoms. The molecule has 2 aromatic rings. The number of carbonyl (C=O) groups excluding carboxylic acids is 1. The average molecular weight is 320 g/mol. The van der Waals surface area contributed by atoms with E-state index in [9.17, 15) is 4.79 Å². The van der Waals surface area contributed by atoms with Gasteiger partial charge in [0.2, 0.25) is 5.91 Å². The van der Waals surface area contributed by atoms with Crippen LogP contribution in [0.25, 0.3) is 0 Å². The number of methoxy groups -OCH3 is 1. The number of hydrogen-bond acceptors (Lipinski definition) is 5. The number of aryl methyl sites for hydroxylation is 1. The summed E-state index contributed by atoms with van der Waals surface area (Å²) < 4.78 is 5.29. The van der Waals surface area contributed by atoms with Gasteiger partial charge >= 0.3 is 0 Å². The van der Waals surface area contributed by atoms with Crippen molar-refractivity contribution in [3.05, 3.63) is 40.9 Å². The van der Waals surface area contributed by atoms with E-state index in [-0.39, 0.29) is 16.5 Å². The molecule has 21 heavy (non-hydrogen) atoms. The molecule has 0 unspecified atom stereocenters. The van der Waals surface area contributed by atoms with Crippen LogP contribution in [0.15, 0.2) is 30.5 Å². The van der Waals surface area contributed by atoms with Crippen molar-refractivity contribution in [2.24, 2.45) is 0 Å². The van der Waals surface area contributed by atoms with Crippen LogP contribution in [-0.2, 0) is 4.79 Å². The molecule has 0 N–H and O–H groups in total. The van der Waals surface area contributed by atoms with E-state index in [1.807, 2.05) is 49.2 Å². The van der Waals surface area contributed by atoms with Gasteiger partial charge in [-0.05, 0) is 31.5 Å². The van der Waals surface area contributed by atoms with Crippen LogP contribution < -0.4 is 9.64 Å².